The Labute approximate surface area is 179 Å². The molecule has 0 amide bonds. The average Bonchev–Trinajstić information content (AvgIpc) is 3.15. The third-order valence-corrected chi connectivity index (χ3v) is 7.52. The van der Waals surface area contributed by atoms with Gasteiger partial charge in [0.2, 0.25) is 0 Å². The van der Waals surface area contributed by atoms with Crippen LogP contribution in [0.2, 0.25) is 19.6 Å². The van der Waals surface area contributed by atoms with Gasteiger partial charge in [0, 0.05) is 25.2 Å². The molecule has 6 heteroatoms. The van der Waals surface area contributed by atoms with Crippen molar-refractivity contribution in [2.75, 3.05) is 13.2 Å². The molecule has 1 saturated carbocycles. The van der Waals surface area contributed by atoms with Gasteiger partial charge in [-0.25, -0.2) is 4.79 Å². The topological polar surface area (TPSA) is 65.0 Å². The molecule has 3 aliphatic rings. The van der Waals surface area contributed by atoms with E-state index >= 15 is 0 Å². The van der Waals surface area contributed by atoms with Crippen LogP contribution in [0.1, 0.15) is 43.6 Å². The summed E-state index contributed by atoms with van der Waals surface area (Å²) in [6.07, 6.45) is 5.06. The molecule has 1 saturated heterocycles. The van der Waals surface area contributed by atoms with Crippen molar-refractivity contribution < 1.29 is 24.1 Å². The lowest BCUT2D eigenvalue weighted by molar-refractivity contribution is -0.213. The van der Waals surface area contributed by atoms with Crippen molar-refractivity contribution in [3.05, 3.63) is 59.0 Å². The number of aliphatic hydroxyl groups excluding tert-OH is 1. The Hall–Kier alpha value is -1.89. The molecule has 30 heavy (non-hydrogen) atoms. The quantitative estimate of drug-likeness (QED) is 0.539. The molecule has 1 aliphatic carbocycles. The summed E-state index contributed by atoms with van der Waals surface area (Å²) in [5.41, 5.74) is 2.92. The first kappa shape index (κ1) is 21.3. The molecule has 0 bridgehead atoms. The number of benzene rings is 1. The van der Waals surface area contributed by atoms with Gasteiger partial charge in [-0.15, -0.1) is 0 Å². The lowest BCUT2D eigenvalue weighted by Gasteiger charge is -2.45. The number of aliphatic hydroxyl groups is 1. The van der Waals surface area contributed by atoms with Crippen LogP contribution in [0.5, 0.6) is 0 Å². The molecule has 1 aromatic carbocycles. The molecular weight excluding hydrogens is 396 g/mol. The Morgan fingerprint density at radius 2 is 1.67 bits per heavy atom. The van der Waals surface area contributed by atoms with Gasteiger partial charge in [0.25, 0.3) is 0 Å². The Morgan fingerprint density at radius 3 is 2.23 bits per heavy atom. The molecule has 1 aromatic rings. The zero-order chi connectivity index (χ0) is 21.4. The van der Waals surface area contributed by atoms with Gasteiger partial charge in [-0.3, -0.25) is 0 Å². The Morgan fingerprint density at radius 1 is 1.03 bits per heavy atom. The summed E-state index contributed by atoms with van der Waals surface area (Å²) in [6, 6.07) is 9.86. The highest BCUT2D eigenvalue weighted by atomic mass is 28.3. The van der Waals surface area contributed by atoms with E-state index in [1.807, 2.05) is 30.3 Å². The number of hydrogen-bond acceptors (Lipinski definition) is 5. The summed E-state index contributed by atoms with van der Waals surface area (Å²) in [6.45, 7) is 7.98. The van der Waals surface area contributed by atoms with Crippen LogP contribution in [0.3, 0.4) is 0 Å². The highest BCUT2D eigenvalue weighted by molar-refractivity contribution is 6.80. The van der Waals surface area contributed by atoms with Crippen LogP contribution in [0.25, 0.3) is 0 Å². The molecule has 1 atom stereocenters. The van der Waals surface area contributed by atoms with Gasteiger partial charge in [-0.05, 0) is 18.4 Å². The number of carbonyl (C=O) groups is 1. The van der Waals surface area contributed by atoms with Crippen LogP contribution in [-0.2, 0) is 19.0 Å². The van der Waals surface area contributed by atoms with E-state index in [2.05, 4.69) is 31.4 Å². The molecule has 2 fully saturated rings. The maximum Gasteiger partial charge on any atom is 0.338 e. The van der Waals surface area contributed by atoms with E-state index in [-0.39, 0.29) is 11.7 Å². The Kier molecular flexibility index (Phi) is 5.68. The van der Waals surface area contributed by atoms with Crippen molar-refractivity contribution in [2.24, 2.45) is 0 Å². The van der Waals surface area contributed by atoms with E-state index in [0.717, 1.165) is 5.56 Å². The summed E-state index contributed by atoms with van der Waals surface area (Å²) >= 11 is 0. The van der Waals surface area contributed by atoms with Crippen molar-refractivity contribution in [3.63, 3.8) is 0 Å². The molecule has 2 heterocycles. The molecule has 2 aliphatic heterocycles. The van der Waals surface area contributed by atoms with E-state index in [4.69, 9.17) is 14.2 Å². The smallest absolute Gasteiger partial charge is 0.338 e. The molecule has 1 unspecified atom stereocenters. The molecule has 0 radical (unpaired) electrons. The van der Waals surface area contributed by atoms with E-state index in [0.29, 0.717) is 50.9 Å². The number of allylic oxidation sites excluding steroid dienone is 1. The minimum absolute atomic E-state index is 0.157. The van der Waals surface area contributed by atoms with Crippen molar-refractivity contribution in [2.45, 2.75) is 69.1 Å². The largest absolute Gasteiger partial charge is 0.512 e. The zero-order valence-electron chi connectivity index (χ0n) is 18.1. The fourth-order valence-electron chi connectivity index (χ4n) is 4.68. The fraction of sp³-hybridized carbons (Fsp3) is 0.542. The molecule has 2 spiro atoms. The summed E-state index contributed by atoms with van der Waals surface area (Å²) in [5.74, 6) is -1.08. The van der Waals surface area contributed by atoms with Gasteiger partial charge < -0.3 is 19.3 Å². The molecular formula is C24H32O5Si. The Bertz CT molecular complexity index is 836. The SMILES string of the molecule is C[Si](C)(C)/C=C/C(C1=C(O)CC2(CCC3(CC2)OCCO3)OC1=O)c1ccccc1. The van der Waals surface area contributed by atoms with Crippen LogP contribution >= 0.6 is 0 Å². The highest BCUT2D eigenvalue weighted by Gasteiger charge is 2.51. The molecule has 4 rings (SSSR count). The summed E-state index contributed by atoms with van der Waals surface area (Å²) in [4.78, 5) is 13.2. The van der Waals surface area contributed by atoms with Gasteiger partial charge in [0.1, 0.15) is 11.4 Å². The number of rotatable bonds is 4. The number of ether oxygens (including phenoxy) is 3. The van der Waals surface area contributed by atoms with E-state index in [1.165, 1.54) is 0 Å². The van der Waals surface area contributed by atoms with Crippen LogP contribution in [0, 0.1) is 0 Å². The maximum atomic E-state index is 13.2. The first-order chi connectivity index (χ1) is 14.2. The Balaban J connectivity index is 1.61. The minimum atomic E-state index is -1.48. The second kappa shape index (κ2) is 7.98. The number of hydrogen-bond donors (Lipinski definition) is 1. The molecule has 162 valence electrons. The number of carbonyl (C=O) groups excluding carboxylic acids is 1. The number of esters is 1. The lowest BCUT2D eigenvalue weighted by atomic mass is 9.76. The highest BCUT2D eigenvalue weighted by Crippen LogP contribution is 2.48. The monoisotopic (exact) mass is 428 g/mol. The normalized spacial score (nSPS) is 24.6. The second-order valence-electron chi connectivity index (χ2n) is 9.83. The predicted octanol–water partition coefficient (Wildman–Crippen LogP) is 5.02. The standard InChI is InChI=1S/C24H32O5Si/c1-30(2,3)16-9-19(18-7-5-4-6-8-18)21-20(25)17-23(29-22(21)26)10-12-24(13-11-23)27-14-15-28-24/h4-9,16,19,25H,10-15,17H2,1-3H3/b16-9+. The van der Waals surface area contributed by atoms with E-state index in [9.17, 15) is 9.90 Å². The van der Waals surface area contributed by atoms with Crippen molar-refractivity contribution >= 4 is 14.0 Å². The van der Waals surface area contributed by atoms with Crippen LogP contribution < -0.4 is 0 Å². The first-order valence-electron chi connectivity index (χ1n) is 10.9. The van der Waals surface area contributed by atoms with Crippen molar-refractivity contribution in [3.8, 4) is 0 Å². The average molecular weight is 429 g/mol. The van der Waals surface area contributed by atoms with E-state index in [1.54, 1.807) is 0 Å². The predicted molar refractivity (Wildman–Crippen MR) is 118 cm³/mol. The lowest BCUT2D eigenvalue weighted by Crippen LogP contribution is -2.48. The van der Waals surface area contributed by atoms with Gasteiger partial charge in [0.05, 0.1) is 26.9 Å². The van der Waals surface area contributed by atoms with Crippen LogP contribution in [0.4, 0.5) is 0 Å². The maximum absolute atomic E-state index is 13.2. The molecule has 5 nitrogen and oxygen atoms in total. The summed E-state index contributed by atoms with van der Waals surface area (Å²) in [7, 11) is -1.48. The molecule has 1 N–H and O–H groups in total. The van der Waals surface area contributed by atoms with Gasteiger partial charge in [-0.1, -0.05) is 61.7 Å². The van der Waals surface area contributed by atoms with E-state index < -0.39 is 25.4 Å². The fourth-order valence-corrected chi connectivity index (χ4v) is 5.45. The minimum Gasteiger partial charge on any atom is -0.512 e. The first-order valence-corrected chi connectivity index (χ1v) is 14.5. The van der Waals surface area contributed by atoms with Crippen LogP contribution in [0.15, 0.2) is 53.4 Å². The second-order valence-corrected chi connectivity index (χ2v) is 14.9. The van der Waals surface area contributed by atoms with Gasteiger partial charge in [0.15, 0.2) is 5.79 Å². The summed E-state index contributed by atoms with van der Waals surface area (Å²) in [5, 5.41) is 11.1. The summed E-state index contributed by atoms with van der Waals surface area (Å²) < 4.78 is 17.7. The molecule has 0 aromatic heterocycles. The van der Waals surface area contributed by atoms with Crippen molar-refractivity contribution in [1.82, 2.24) is 0 Å². The van der Waals surface area contributed by atoms with Crippen LogP contribution in [-0.4, -0.2) is 43.8 Å². The third kappa shape index (κ3) is 4.41. The van der Waals surface area contributed by atoms with Gasteiger partial charge >= 0.3 is 5.97 Å². The van der Waals surface area contributed by atoms with Gasteiger partial charge in [-0.2, -0.15) is 0 Å². The third-order valence-electron chi connectivity index (χ3n) is 6.32. The van der Waals surface area contributed by atoms with Crippen molar-refractivity contribution in [1.29, 1.82) is 0 Å². The zero-order valence-corrected chi connectivity index (χ0v) is 19.1.